The van der Waals surface area contributed by atoms with Gasteiger partial charge in [0.05, 0.1) is 0 Å². The van der Waals surface area contributed by atoms with Crippen LogP contribution in [-0.2, 0) is 4.74 Å². The van der Waals surface area contributed by atoms with E-state index in [9.17, 15) is 0 Å². The van der Waals surface area contributed by atoms with Gasteiger partial charge in [-0.1, -0.05) is 29.8 Å². The fraction of sp³-hybridized carbons (Fsp3) is 0.571. The number of benzene rings is 1. The Morgan fingerprint density at radius 2 is 1.81 bits per heavy atom. The number of ether oxygens (including phenoxy) is 1. The summed E-state index contributed by atoms with van der Waals surface area (Å²) < 4.78 is 5.42. The van der Waals surface area contributed by atoms with Crippen molar-refractivity contribution in [3.63, 3.8) is 0 Å². The first-order valence-corrected chi connectivity index (χ1v) is 6.13. The molecule has 1 fully saturated rings. The Labute approximate surface area is 98.0 Å². The van der Waals surface area contributed by atoms with Crippen molar-refractivity contribution in [2.24, 2.45) is 5.92 Å². The molecule has 2 heteroatoms. The zero-order valence-electron chi connectivity index (χ0n) is 10.2. The molecule has 1 heterocycles. The minimum Gasteiger partial charge on any atom is -0.381 e. The quantitative estimate of drug-likeness (QED) is 0.844. The normalized spacial score (nSPS) is 19.6. The summed E-state index contributed by atoms with van der Waals surface area (Å²) in [6.45, 7) is 3.95. The van der Waals surface area contributed by atoms with Crippen LogP contribution in [-0.4, -0.2) is 20.3 Å². The zero-order valence-corrected chi connectivity index (χ0v) is 10.2. The molecule has 0 radical (unpaired) electrons. The van der Waals surface area contributed by atoms with Crippen molar-refractivity contribution in [2.45, 2.75) is 25.8 Å². The molecule has 2 nitrogen and oxygen atoms in total. The molecule has 1 unspecified atom stereocenters. The lowest BCUT2D eigenvalue weighted by atomic mass is 9.87. The SMILES string of the molecule is CNC(c1ccc(C)cc1)C1CCOCC1. The summed E-state index contributed by atoms with van der Waals surface area (Å²) in [5, 5.41) is 3.45. The van der Waals surface area contributed by atoms with E-state index in [1.165, 1.54) is 24.0 Å². The molecule has 1 aromatic carbocycles. The van der Waals surface area contributed by atoms with Gasteiger partial charge in [0.1, 0.15) is 0 Å². The van der Waals surface area contributed by atoms with Crippen LogP contribution in [0.4, 0.5) is 0 Å². The molecule has 0 amide bonds. The van der Waals surface area contributed by atoms with E-state index in [4.69, 9.17) is 4.74 Å². The maximum Gasteiger partial charge on any atom is 0.0469 e. The molecule has 0 saturated carbocycles. The second-order valence-corrected chi connectivity index (χ2v) is 4.63. The largest absolute Gasteiger partial charge is 0.381 e. The van der Waals surface area contributed by atoms with Crippen LogP contribution in [0.1, 0.15) is 30.0 Å². The Balaban J connectivity index is 2.11. The lowest BCUT2D eigenvalue weighted by Crippen LogP contribution is -2.29. The molecule has 1 aromatic rings. The first kappa shape index (κ1) is 11.6. The molecule has 0 bridgehead atoms. The van der Waals surface area contributed by atoms with Crippen LogP contribution >= 0.6 is 0 Å². The van der Waals surface area contributed by atoms with Gasteiger partial charge >= 0.3 is 0 Å². The van der Waals surface area contributed by atoms with E-state index in [1.54, 1.807) is 0 Å². The Hall–Kier alpha value is -0.860. The minimum atomic E-state index is 0.476. The van der Waals surface area contributed by atoms with Gasteiger partial charge in [-0.2, -0.15) is 0 Å². The van der Waals surface area contributed by atoms with Gasteiger partial charge in [0.25, 0.3) is 0 Å². The van der Waals surface area contributed by atoms with Gasteiger partial charge in [0.15, 0.2) is 0 Å². The highest BCUT2D eigenvalue weighted by Gasteiger charge is 2.23. The first-order valence-electron chi connectivity index (χ1n) is 6.13. The van der Waals surface area contributed by atoms with Crippen molar-refractivity contribution in [1.82, 2.24) is 5.32 Å². The van der Waals surface area contributed by atoms with Crippen LogP contribution in [0.25, 0.3) is 0 Å². The summed E-state index contributed by atoms with van der Waals surface area (Å²) in [5.41, 5.74) is 2.73. The van der Waals surface area contributed by atoms with E-state index in [-0.39, 0.29) is 0 Å². The summed E-state index contributed by atoms with van der Waals surface area (Å²) in [6.07, 6.45) is 2.33. The second-order valence-electron chi connectivity index (χ2n) is 4.63. The molecule has 0 aliphatic carbocycles. The van der Waals surface area contributed by atoms with E-state index in [0.717, 1.165) is 13.2 Å². The Morgan fingerprint density at radius 1 is 1.19 bits per heavy atom. The molecular weight excluding hydrogens is 198 g/mol. The highest BCUT2D eigenvalue weighted by atomic mass is 16.5. The van der Waals surface area contributed by atoms with E-state index in [1.807, 2.05) is 0 Å². The van der Waals surface area contributed by atoms with Gasteiger partial charge in [-0.25, -0.2) is 0 Å². The van der Waals surface area contributed by atoms with Crippen LogP contribution in [0.5, 0.6) is 0 Å². The van der Waals surface area contributed by atoms with Gasteiger partial charge < -0.3 is 10.1 Å². The third-order valence-corrected chi connectivity index (χ3v) is 3.48. The molecular formula is C14H21NO. The van der Waals surface area contributed by atoms with Crippen molar-refractivity contribution in [1.29, 1.82) is 0 Å². The van der Waals surface area contributed by atoms with Crippen molar-refractivity contribution in [2.75, 3.05) is 20.3 Å². The first-order chi connectivity index (χ1) is 7.81. The monoisotopic (exact) mass is 219 g/mol. The summed E-state index contributed by atoms with van der Waals surface area (Å²) in [4.78, 5) is 0. The minimum absolute atomic E-state index is 0.476. The highest BCUT2D eigenvalue weighted by molar-refractivity contribution is 5.24. The topological polar surface area (TPSA) is 21.3 Å². The average Bonchev–Trinajstić information content (AvgIpc) is 2.34. The maximum absolute atomic E-state index is 5.42. The fourth-order valence-corrected chi connectivity index (χ4v) is 2.50. The van der Waals surface area contributed by atoms with Crippen molar-refractivity contribution >= 4 is 0 Å². The van der Waals surface area contributed by atoms with Crippen molar-refractivity contribution < 1.29 is 4.74 Å². The predicted molar refractivity (Wildman–Crippen MR) is 66.5 cm³/mol. The molecule has 0 spiro atoms. The van der Waals surface area contributed by atoms with Crippen LogP contribution in [0, 0.1) is 12.8 Å². The number of hydrogen-bond donors (Lipinski definition) is 1. The number of nitrogens with one attached hydrogen (secondary N) is 1. The van der Waals surface area contributed by atoms with Gasteiger partial charge in [-0.3, -0.25) is 0 Å². The third-order valence-electron chi connectivity index (χ3n) is 3.48. The Bertz CT molecular complexity index is 314. The van der Waals surface area contributed by atoms with Crippen LogP contribution < -0.4 is 5.32 Å². The van der Waals surface area contributed by atoms with Crippen molar-refractivity contribution in [3.8, 4) is 0 Å². The van der Waals surface area contributed by atoms with Gasteiger partial charge in [-0.05, 0) is 38.3 Å². The average molecular weight is 219 g/mol. The van der Waals surface area contributed by atoms with E-state index in [2.05, 4.69) is 43.6 Å². The standard InChI is InChI=1S/C14H21NO/c1-11-3-5-12(6-4-11)14(15-2)13-7-9-16-10-8-13/h3-6,13-15H,7-10H2,1-2H3. The lowest BCUT2D eigenvalue weighted by molar-refractivity contribution is 0.0546. The van der Waals surface area contributed by atoms with Gasteiger partial charge in [0.2, 0.25) is 0 Å². The molecule has 1 atom stereocenters. The molecule has 88 valence electrons. The highest BCUT2D eigenvalue weighted by Crippen LogP contribution is 2.29. The molecule has 16 heavy (non-hydrogen) atoms. The van der Waals surface area contributed by atoms with E-state index >= 15 is 0 Å². The maximum atomic E-state index is 5.42. The summed E-state index contributed by atoms with van der Waals surface area (Å²) in [5.74, 6) is 0.710. The van der Waals surface area contributed by atoms with Crippen LogP contribution in [0.3, 0.4) is 0 Å². The molecule has 1 aliphatic heterocycles. The lowest BCUT2D eigenvalue weighted by Gasteiger charge is -2.30. The summed E-state index contributed by atoms with van der Waals surface area (Å²) in [7, 11) is 2.06. The molecule has 0 aromatic heterocycles. The van der Waals surface area contributed by atoms with E-state index < -0.39 is 0 Å². The summed E-state index contributed by atoms with van der Waals surface area (Å²) in [6, 6.07) is 9.35. The van der Waals surface area contributed by atoms with E-state index in [0.29, 0.717) is 12.0 Å². The van der Waals surface area contributed by atoms with Crippen LogP contribution in [0.2, 0.25) is 0 Å². The fourth-order valence-electron chi connectivity index (χ4n) is 2.50. The number of rotatable bonds is 3. The third kappa shape index (κ3) is 2.63. The van der Waals surface area contributed by atoms with Gasteiger partial charge in [-0.15, -0.1) is 0 Å². The Kier molecular flexibility index (Phi) is 3.97. The van der Waals surface area contributed by atoms with Crippen LogP contribution in [0.15, 0.2) is 24.3 Å². The smallest absolute Gasteiger partial charge is 0.0469 e. The predicted octanol–water partition coefficient (Wildman–Crippen LogP) is 2.68. The second kappa shape index (κ2) is 5.46. The number of hydrogen-bond acceptors (Lipinski definition) is 2. The zero-order chi connectivity index (χ0) is 11.4. The molecule has 1 saturated heterocycles. The van der Waals surface area contributed by atoms with Crippen molar-refractivity contribution in [3.05, 3.63) is 35.4 Å². The molecule has 2 rings (SSSR count). The number of aryl methyl sites for hydroxylation is 1. The van der Waals surface area contributed by atoms with Gasteiger partial charge in [0, 0.05) is 19.3 Å². The molecule has 1 aliphatic rings. The summed E-state index contributed by atoms with van der Waals surface area (Å²) >= 11 is 0. The Morgan fingerprint density at radius 3 is 2.38 bits per heavy atom. The molecule has 1 N–H and O–H groups in total.